The lowest BCUT2D eigenvalue weighted by Crippen LogP contribution is -2.45. The number of benzene rings is 2. The van der Waals surface area contributed by atoms with Crippen LogP contribution in [0.1, 0.15) is 30.0 Å². The molecule has 132 valence electrons. The molecular formula is C20H24N2O2S. The highest BCUT2D eigenvalue weighted by Crippen LogP contribution is 2.36. The highest BCUT2D eigenvalue weighted by molar-refractivity contribution is 7.91. The normalized spacial score (nSPS) is 21.7. The maximum Gasteiger partial charge on any atom is 0.206 e. The Morgan fingerprint density at radius 2 is 1.72 bits per heavy atom. The van der Waals surface area contributed by atoms with E-state index in [0.29, 0.717) is 15.8 Å². The zero-order valence-electron chi connectivity index (χ0n) is 14.3. The van der Waals surface area contributed by atoms with E-state index in [0.717, 1.165) is 45.4 Å². The number of nitrogens with one attached hydrogen (secondary N) is 1. The third-order valence-corrected chi connectivity index (χ3v) is 7.12. The van der Waals surface area contributed by atoms with Gasteiger partial charge in [-0.1, -0.05) is 24.3 Å². The number of nitrogens with zero attached hydrogens (tertiary/aromatic N) is 1. The molecule has 1 N–H and O–H groups in total. The van der Waals surface area contributed by atoms with Crippen LogP contribution in [0.15, 0.2) is 58.3 Å². The summed E-state index contributed by atoms with van der Waals surface area (Å²) in [6, 6.07) is 14.9. The molecule has 0 radical (unpaired) electrons. The lowest BCUT2D eigenvalue weighted by molar-refractivity contribution is 0.158. The van der Waals surface area contributed by atoms with Gasteiger partial charge in [-0.25, -0.2) is 8.42 Å². The largest absolute Gasteiger partial charge is 0.314 e. The van der Waals surface area contributed by atoms with Gasteiger partial charge < -0.3 is 5.32 Å². The van der Waals surface area contributed by atoms with Gasteiger partial charge >= 0.3 is 0 Å². The van der Waals surface area contributed by atoms with Gasteiger partial charge in [-0.3, -0.25) is 4.90 Å². The molecule has 1 aliphatic carbocycles. The fraction of sp³-hybridized carbons (Fsp3) is 0.400. The van der Waals surface area contributed by atoms with Crippen LogP contribution in [0.3, 0.4) is 0 Å². The molecule has 1 heterocycles. The van der Waals surface area contributed by atoms with Crippen LogP contribution in [0, 0.1) is 0 Å². The van der Waals surface area contributed by atoms with Crippen LogP contribution in [-0.2, 0) is 16.3 Å². The van der Waals surface area contributed by atoms with E-state index >= 15 is 0 Å². The minimum Gasteiger partial charge on any atom is -0.314 e. The smallest absolute Gasteiger partial charge is 0.206 e. The average Bonchev–Trinajstić information content (AvgIpc) is 2.68. The van der Waals surface area contributed by atoms with E-state index in [4.69, 9.17) is 0 Å². The predicted octanol–water partition coefficient (Wildman–Crippen LogP) is 2.80. The highest BCUT2D eigenvalue weighted by atomic mass is 32.2. The lowest BCUT2D eigenvalue weighted by Gasteiger charge is -2.38. The van der Waals surface area contributed by atoms with Crippen LogP contribution in [0.4, 0.5) is 0 Å². The van der Waals surface area contributed by atoms with Crippen molar-refractivity contribution in [2.45, 2.75) is 35.1 Å². The van der Waals surface area contributed by atoms with Gasteiger partial charge in [0.2, 0.25) is 9.84 Å². The first-order chi connectivity index (χ1) is 12.2. The Labute approximate surface area is 149 Å². The standard InChI is InChI=1S/C20H24N2O2S/c23-25(24,17-6-2-1-3-7-17)18-9-10-19-16(15-18)5-4-8-20(19)22-13-11-21-12-14-22/h1-3,6-7,9-10,15,20-21H,4-5,8,11-14H2. The van der Waals surface area contributed by atoms with Crippen LogP contribution in [0.25, 0.3) is 0 Å². The molecule has 4 nitrogen and oxygen atoms in total. The molecule has 4 rings (SSSR count). The first-order valence-electron chi connectivity index (χ1n) is 9.04. The Morgan fingerprint density at radius 3 is 2.48 bits per heavy atom. The van der Waals surface area contributed by atoms with Crippen molar-refractivity contribution >= 4 is 9.84 Å². The topological polar surface area (TPSA) is 49.4 Å². The van der Waals surface area contributed by atoms with Gasteiger partial charge in [0.05, 0.1) is 9.79 Å². The molecule has 1 unspecified atom stereocenters. The number of hydrogen-bond acceptors (Lipinski definition) is 4. The summed E-state index contributed by atoms with van der Waals surface area (Å²) >= 11 is 0. The van der Waals surface area contributed by atoms with Crippen molar-refractivity contribution in [1.82, 2.24) is 10.2 Å². The van der Waals surface area contributed by atoms with E-state index in [9.17, 15) is 8.42 Å². The molecule has 1 saturated heterocycles. The monoisotopic (exact) mass is 356 g/mol. The van der Waals surface area contributed by atoms with Gasteiger partial charge in [-0.15, -0.1) is 0 Å². The summed E-state index contributed by atoms with van der Waals surface area (Å²) in [4.78, 5) is 3.32. The number of sulfone groups is 1. The van der Waals surface area contributed by atoms with Crippen molar-refractivity contribution in [3.05, 3.63) is 59.7 Å². The van der Waals surface area contributed by atoms with Crippen LogP contribution >= 0.6 is 0 Å². The molecule has 0 bridgehead atoms. The highest BCUT2D eigenvalue weighted by Gasteiger charge is 2.28. The third kappa shape index (κ3) is 3.24. The Hall–Kier alpha value is -1.69. The van der Waals surface area contributed by atoms with Crippen molar-refractivity contribution in [1.29, 1.82) is 0 Å². The zero-order valence-corrected chi connectivity index (χ0v) is 15.1. The van der Waals surface area contributed by atoms with Crippen LogP contribution in [-0.4, -0.2) is 39.5 Å². The van der Waals surface area contributed by atoms with Crippen LogP contribution < -0.4 is 5.32 Å². The van der Waals surface area contributed by atoms with Crippen molar-refractivity contribution in [2.24, 2.45) is 0 Å². The summed E-state index contributed by atoms with van der Waals surface area (Å²) in [5.41, 5.74) is 2.52. The summed E-state index contributed by atoms with van der Waals surface area (Å²) in [6.45, 7) is 4.20. The average molecular weight is 356 g/mol. The second-order valence-corrected chi connectivity index (χ2v) is 8.82. The van der Waals surface area contributed by atoms with Gasteiger partial charge in [0.15, 0.2) is 0 Å². The van der Waals surface area contributed by atoms with E-state index in [-0.39, 0.29) is 0 Å². The van der Waals surface area contributed by atoms with Crippen molar-refractivity contribution in [2.75, 3.05) is 26.2 Å². The maximum absolute atomic E-state index is 12.9. The summed E-state index contributed by atoms with van der Waals surface area (Å²) in [5.74, 6) is 0. The fourth-order valence-corrected chi connectivity index (χ4v) is 5.37. The summed E-state index contributed by atoms with van der Waals surface area (Å²) in [7, 11) is -3.44. The molecule has 1 atom stereocenters. The van der Waals surface area contributed by atoms with Gasteiger partial charge in [-0.05, 0) is 54.7 Å². The Morgan fingerprint density at radius 1 is 0.960 bits per heavy atom. The minimum atomic E-state index is -3.44. The molecule has 25 heavy (non-hydrogen) atoms. The number of piperazine rings is 1. The predicted molar refractivity (Wildman–Crippen MR) is 98.5 cm³/mol. The Bertz CT molecular complexity index is 843. The SMILES string of the molecule is O=S(=O)(c1ccccc1)c1ccc2c(c1)CCCC2N1CCNCC1. The first-order valence-corrected chi connectivity index (χ1v) is 10.5. The van der Waals surface area contributed by atoms with Crippen molar-refractivity contribution in [3.8, 4) is 0 Å². The molecule has 2 aromatic rings. The van der Waals surface area contributed by atoms with Crippen molar-refractivity contribution < 1.29 is 8.42 Å². The molecule has 0 spiro atoms. The third-order valence-electron chi connectivity index (χ3n) is 5.35. The number of fused-ring (bicyclic) bond motifs is 1. The molecular weight excluding hydrogens is 332 g/mol. The van der Waals surface area contributed by atoms with Crippen LogP contribution in [0.5, 0.6) is 0 Å². The second-order valence-electron chi connectivity index (χ2n) is 6.87. The molecule has 0 amide bonds. The van der Waals surface area contributed by atoms with Gasteiger partial charge in [-0.2, -0.15) is 0 Å². The molecule has 1 fully saturated rings. The second kappa shape index (κ2) is 6.90. The van der Waals surface area contributed by atoms with Crippen LogP contribution in [0.2, 0.25) is 0 Å². The zero-order chi connectivity index (χ0) is 17.3. The van der Waals surface area contributed by atoms with Crippen molar-refractivity contribution in [3.63, 3.8) is 0 Å². The fourth-order valence-electron chi connectivity index (χ4n) is 4.04. The number of aryl methyl sites for hydroxylation is 1. The molecule has 2 aromatic carbocycles. The molecule has 5 heteroatoms. The summed E-state index contributed by atoms with van der Waals surface area (Å²) in [6.07, 6.45) is 3.25. The molecule has 0 aromatic heterocycles. The Kier molecular flexibility index (Phi) is 4.63. The Balaban J connectivity index is 1.68. The maximum atomic E-state index is 12.9. The quantitative estimate of drug-likeness (QED) is 0.919. The molecule has 0 saturated carbocycles. The van der Waals surface area contributed by atoms with Gasteiger partial charge in [0.1, 0.15) is 0 Å². The van der Waals surface area contributed by atoms with E-state index in [1.54, 1.807) is 30.3 Å². The summed E-state index contributed by atoms with van der Waals surface area (Å²) < 4.78 is 25.8. The van der Waals surface area contributed by atoms with Gasteiger partial charge in [0, 0.05) is 32.2 Å². The van der Waals surface area contributed by atoms with E-state index < -0.39 is 9.84 Å². The van der Waals surface area contributed by atoms with E-state index in [2.05, 4.69) is 16.3 Å². The van der Waals surface area contributed by atoms with E-state index in [1.807, 2.05) is 12.1 Å². The number of rotatable bonds is 3. The first kappa shape index (κ1) is 16.8. The number of hydrogen-bond donors (Lipinski definition) is 1. The lowest BCUT2D eigenvalue weighted by atomic mass is 9.86. The van der Waals surface area contributed by atoms with Gasteiger partial charge in [0.25, 0.3) is 0 Å². The summed E-state index contributed by atoms with van der Waals surface area (Å²) in [5, 5.41) is 3.40. The minimum absolute atomic E-state index is 0.365. The molecule has 2 aliphatic rings. The van der Waals surface area contributed by atoms with E-state index in [1.165, 1.54) is 11.1 Å². The molecule has 1 aliphatic heterocycles.